The van der Waals surface area contributed by atoms with E-state index in [0.717, 1.165) is 0 Å². The van der Waals surface area contributed by atoms with E-state index < -0.39 is 151 Å². The number of rotatable bonds is 31. The first-order valence-electron chi connectivity index (χ1n) is 21.5. The van der Waals surface area contributed by atoms with Gasteiger partial charge < -0.3 is 80.0 Å². The highest BCUT2D eigenvalue weighted by molar-refractivity contribution is 7.80. The number of hydrogen-bond donors (Lipinski definition) is 18. The maximum atomic E-state index is 13.7. The van der Waals surface area contributed by atoms with Gasteiger partial charge in [-0.15, -0.1) is 0 Å². The van der Waals surface area contributed by atoms with Crippen molar-refractivity contribution in [2.45, 2.75) is 94.0 Å². The van der Waals surface area contributed by atoms with Crippen molar-refractivity contribution in [2.75, 3.05) is 23.3 Å². The standard InChI is InChI=1S/C40H53N15O17S/c41-39(42)44-9-1-2-19(32(64)51-22(11-27(59)60)34(66)52-23(12-28(61)62)35(67)53-24(15-73)38(71)72)49-33(65)21(10-26(57)58)48-25(56)8-7-20(37(69)70)50-31(63)16-3-5-17(6-4-16)45-13-18-14-46-30-29(47-18)36(68)55-40(43)54-30/h3-6,14,19-24,39,44-45,73H,1-2,7-13,15,41-42H2,(H,48,56)(H,49,65)(H,50,63)(H,51,64)(H,52,66)(H,53,67)(H,57,58)(H,59,60)(H,61,62)(H,69,70)(H,71,72)(H3,43,46,54,55,68)/t19-,20-,21-,22-,23-,24-/m0/s1. The molecule has 0 unspecified atom stereocenters. The summed E-state index contributed by atoms with van der Waals surface area (Å²) in [6.45, 7) is 0.0828. The van der Waals surface area contributed by atoms with Crippen LogP contribution in [-0.2, 0) is 54.5 Å². The van der Waals surface area contributed by atoms with Gasteiger partial charge in [-0.25, -0.2) is 19.6 Å². The van der Waals surface area contributed by atoms with Crippen molar-refractivity contribution in [3.05, 3.63) is 52.1 Å². The van der Waals surface area contributed by atoms with Gasteiger partial charge in [0.2, 0.25) is 35.5 Å². The summed E-state index contributed by atoms with van der Waals surface area (Å²) in [4.78, 5) is 165. The van der Waals surface area contributed by atoms with Gasteiger partial charge in [-0.2, -0.15) is 17.6 Å². The van der Waals surface area contributed by atoms with Crippen molar-refractivity contribution in [3.8, 4) is 0 Å². The summed E-state index contributed by atoms with van der Waals surface area (Å²) < 4.78 is 0. The Bertz CT molecular complexity index is 2600. The second-order valence-corrected chi connectivity index (χ2v) is 16.0. The summed E-state index contributed by atoms with van der Waals surface area (Å²) in [5, 5.41) is 65.8. The third-order valence-electron chi connectivity index (χ3n) is 9.90. The van der Waals surface area contributed by atoms with E-state index in [1.807, 2.05) is 10.6 Å². The number of carbonyl (C=O) groups is 11. The first-order valence-corrected chi connectivity index (χ1v) is 22.1. The number of nitrogen functional groups attached to an aromatic ring is 1. The molecule has 0 aliphatic carbocycles. The number of carboxylic acids is 5. The highest BCUT2D eigenvalue weighted by Gasteiger charge is 2.35. The van der Waals surface area contributed by atoms with Crippen LogP contribution in [0.4, 0.5) is 11.6 Å². The molecule has 73 heavy (non-hydrogen) atoms. The zero-order chi connectivity index (χ0) is 54.5. The number of thiol groups is 1. The summed E-state index contributed by atoms with van der Waals surface area (Å²) in [6, 6.07) is -5.45. The Morgan fingerprint density at radius 3 is 1.66 bits per heavy atom. The number of aromatic nitrogens is 4. The summed E-state index contributed by atoms with van der Waals surface area (Å²) in [7, 11) is 0. The molecular formula is C40H53N15O17S. The monoisotopic (exact) mass is 1050 g/mol. The molecule has 0 spiro atoms. The van der Waals surface area contributed by atoms with E-state index in [0.29, 0.717) is 11.4 Å². The topological polar surface area (TPSA) is 535 Å². The minimum atomic E-state index is -2.09. The van der Waals surface area contributed by atoms with Gasteiger partial charge in [0.25, 0.3) is 11.5 Å². The molecule has 0 aliphatic heterocycles. The van der Waals surface area contributed by atoms with Gasteiger partial charge in [0, 0.05) is 23.4 Å². The van der Waals surface area contributed by atoms with Crippen molar-refractivity contribution in [1.82, 2.24) is 57.2 Å². The van der Waals surface area contributed by atoms with Gasteiger partial charge in [0.05, 0.1) is 37.7 Å². The molecule has 0 radical (unpaired) electrons. The van der Waals surface area contributed by atoms with Crippen LogP contribution in [-0.4, -0.2) is 166 Å². The molecule has 0 saturated heterocycles. The van der Waals surface area contributed by atoms with Crippen molar-refractivity contribution in [1.29, 1.82) is 0 Å². The van der Waals surface area contributed by atoms with Gasteiger partial charge in [-0.3, -0.25) is 58.2 Å². The fourth-order valence-corrected chi connectivity index (χ4v) is 6.55. The van der Waals surface area contributed by atoms with E-state index in [1.54, 1.807) is 0 Å². The van der Waals surface area contributed by atoms with Gasteiger partial charge in [0.1, 0.15) is 42.5 Å². The highest BCUT2D eigenvalue weighted by Crippen LogP contribution is 2.13. The molecule has 6 atom stereocenters. The molecule has 2 aromatic heterocycles. The number of anilines is 2. The number of nitrogens with two attached hydrogens (primary N) is 3. The third kappa shape index (κ3) is 20.0. The van der Waals surface area contributed by atoms with Gasteiger partial charge >= 0.3 is 29.8 Å². The van der Waals surface area contributed by atoms with Gasteiger partial charge in [0.15, 0.2) is 11.2 Å². The number of hydrogen-bond acceptors (Lipinski definition) is 21. The summed E-state index contributed by atoms with van der Waals surface area (Å²) in [5.41, 5.74) is 16.7. The fraction of sp³-hybridized carbons (Fsp3) is 0.425. The average molecular weight is 1050 g/mol. The lowest BCUT2D eigenvalue weighted by molar-refractivity contribution is -0.144. The minimum absolute atomic E-state index is 0.000613. The second kappa shape index (κ2) is 28.3. The number of aromatic amines is 1. The number of amides is 6. The summed E-state index contributed by atoms with van der Waals surface area (Å²) in [6.07, 6.45) is -4.77. The normalized spacial score (nSPS) is 13.4. The first kappa shape index (κ1) is 58.8. The van der Waals surface area contributed by atoms with E-state index in [1.165, 1.54) is 30.5 Å². The quantitative estimate of drug-likeness (QED) is 0.0162. The molecule has 2 heterocycles. The summed E-state index contributed by atoms with van der Waals surface area (Å²) in [5.74, 6) is -16.0. The molecule has 20 N–H and O–H groups in total. The van der Waals surface area contributed by atoms with Crippen molar-refractivity contribution >= 4 is 101 Å². The van der Waals surface area contributed by atoms with Crippen LogP contribution in [0.25, 0.3) is 11.2 Å². The zero-order valence-electron chi connectivity index (χ0n) is 38.2. The molecule has 3 rings (SSSR count). The van der Waals surface area contributed by atoms with Crippen LogP contribution in [0.5, 0.6) is 0 Å². The highest BCUT2D eigenvalue weighted by atomic mass is 32.1. The number of nitrogens with one attached hydrogen (secondary N) is 9. The number of benzene rings is 1. The Morgan fingerprint density at radius 1 is 0.644 bits per heavy atom. The molecule has 0 aliphatic rings. The first-order chi connectivity index (χ1) is 34.4. The number of H-pyrrole nitrogens is 1. The van der Waals surface area contributed by atoms with E-state index >= 15 is 0 Å². The van der Waals surface area contributed by atoms with Crippen LogP contribution in [0.2, 0.25) is 0 Å². The van der Waals surface area contributed by atoms with Crippen LogP contribution >= 0.6 is 12.6 Å². The van der Waals surface area contributed by atoms with Crippen molar-refractivity contribution in [3.63, 3.8) is 0 Å². The predicted molar refractivity (Wildman–Crippen MR) is 252 cm³/mol. The third-order valence-corrected chi connectivity index (χ3v) is 10.3. The van der Waals surface area contributed by atoms with Crippen LogP contribution in [0.3, 0.4) is 0 Å². The van der Waals surface area contributed by atoms with Crippen molar-refractivity contribution < 1.29 is 78.3 Å². The average Bonchev–Trinajstić information content (AvgIpc) is 3.30. The van der Waals surface area contributed by atoms with E-state index in [9.17, 15) is 83.1 Å². The molecule has 0 saturated carbocycles. The molecule has 32 nitrogen and oxygen atoms in total. The van der Waals surface area contributed by atoms with E-state index in [4.69, 9.17) is 17.2 Å². The molecular weight excluding hydrogens is 995 g/mol. The van der Waals surface area contributed by atoms with Gasteiger partial charge in [-0.05, 0) is 50.1 Å². The molecule has 1 aromatic carbocycles. The Morgan fingerprint density at radius 2 is 1.15 bits per heavy atom. The Balaban J connectivity index is 1.70. The molecule has 0 bridgehead atoms. The number of nitrogens with zero attached hydrogens (tertiary/aromatic N) is 3. The molecule has 6 amide bonds. The van der Waals surface area contributed by atoms with Gasteiger partial charge in [-0.1, -0.05) is 0 Å². The lowest BCUT2D eigenvalue weighted by Crippen LogP contribution is -2.59. The van der Waals surface area contributed by atoms with Crippen LogP contribution in [0.1, 0.15) is 61.0 Å². The SMILES string of the molecule is Nc1nc2ncc(CNc3ccc(C(=O)N[C@@H](CCC(=O)N[C@@H](CC(=O)O)C(=O)N[C@@H](CCCNC(N)N)C(=O)N[C@@H](CC(=O)O)C(=O)N[C@@H](CC(=O)O)C(=O)N[C@@H](CS)C(=O)O)C(=O)O)cc3)nc2c(=O)[nH]1. The lowest BCUT2D eigenvalue weighted by Gasteiger charge is -2.26. The molecule has 33 heteroatoms. The molecule has 0 fully saturated rings. The summed E-state index contributed by atoms with van der Waals surface area (Å²) >= 11 is 3.79. The fourth-order valence-electron chi connectivity index (χ4n) is 6.30. The maximum absolute atomic E-state index is 13.7. The Labute approximate surface area is 416 Å². The number of fused-ring (bicyclic) bond motifs is 1. The number of carbonyl (C=O) groups excluding carboxylic acids is 6. The smallest absolute Gasteiger partial charge is 0.327 e. The number of carboxylic acid groups (broad SMARTS) is 5. The van der Waals surface area contributed by atoms with Crippen LogP contribution in [0.15, 0.2) is 35.3 Å². The molecule has 3 aromatic rings. The van der Waals surface area contributed by atoms with Crippen LogP contribution < -0.4 is 65.3 Å². The maximum Gasteiger partial charge on any atom is 0.327 e. The number of aliphatic carboxylic acids is 5. The predicted octanol–water partition coefficient (Wildman–Crippen LogP) is -5.70. The Hall–Kier alpha value is -8.56. The van der Waals surface area contributed by atoms with Crippen LogP contribution in [0, 0.1) is 0 Å². The minimum Gasteiger partial charge on any atom is -0.481 e. The lowest BCUT2D eigenvalue weighted by atomic mass is 10.1. The largest absolute Gasteiger partial charge is 0.481 e. The Kier molecular flexibility index (Phi) is 22.8. The van der Waals surface area contributed by atoms with Crippen molar-refractivity contribution in [2.24, 2.45) is 11.5 Å². The second-order valence-electron chi connectivity index (χ2n) is 15.6. The zero-order valence-corrected chi connectivity index (χ0v) is 39.0. The molecule has 396 valence electrons. The van der Waals surface area contributed by atoms with E-state index in [-0.39, 0.29) is 48.6 Å². The van der Waals surface area contributed by atoms with E-state index in [2.05, 4.69) is 64.5 Å².